The van der Waals surface area contributed by atoms with E-state index in [0.29, 0.717) is 5.69 Å². The number of anilines is 1. The van der Waals surface area contributed by atoms with Crippen LogP contribution >= 0.6 is 11.6 Å². The molecule has 0 amide bonds. The number of nitrogens with one attached hydrogen (secondary N) is 1. The van der Waals surface area contributed by atoms with Crippen molar-refractivity contribution in [2.75, 3.05) is 25.5 Å². The highest BCUT2D eigenvalue weighted by atomic mass is 35.5. The lowest BCUT2D eigenvalue weighted by Crippen LogP contribution is -2.23. The van der Waals surface area contributed by atoms with E-state index in [1.165, 1.54) is 6.07 Å². The summed E-state index contributed by atoms with van der Waals surface area (Å²) >= 11 is 5.72. The van der Waals surface area contributed by atoms with Crippen molar-refractivity contribution in [3.05, 3.63) is 28.8 Å². The van der Waals surface area contributed by atoms with Crippen molar-refractivity contribution in [2.45, 2.75) is 18.6 Å². The Hall–Kier alpha value is -0.940. The number of hydrogen-bond donors (Lipinski definition) is 1. The molecule has 0 bridgehead atoms. The summed E-state index contributed by atoms with van der Waals surface area (Å²) in [6.07, 6.45) is -3.45. The summed E-state index contributed by atoms with van der Waals surface area (Å²) in [4.78, 5) is 2.13. The molecule has 18 heavy (non-hydrogen) atoms. The zero-order valence-corrected chi connectivity index (χ0v) is 10.6. The van der Waals surface area contributed by atoms with Crippen molar-refractivity contribution in [2.24, 2.45) is 0 Å². The third-order valence-corrected chi connectivity index (χ3v) is 3.21. The molecule has 1 aromatic carbocycles. The number of alkyl halides is 3. The number of likely N-dealkylation sites (tertiary alicyclic amines) is 1. The molecule has 1 aromatic rings. The van der Waals surface area contributed by atoms with Gasteiger partial charge in [-0.2, -0.15) is 13.2 Å². The molecule has 2 nitrogen and oxygen atoms in total. The van der Waals surface area contributed by atoms with Gasteiger partial charge in [-0.3, -0.25) is 0 Å². The molecule has 0 radical (unpaired) electrons. The lowest BCUT2D eigenvalue weighted by atomic mass is 10.1. The quantitative estimate of drug-likeness (QED) is 0.891. The van der Waals surface area contributed by atoms with Crippen molar-refractivity contribution in [1.29, 1.82) is 0 Å². The molecule has 1 aliphatic rings. The van der Waals surface area contributed by atoms with Crippen LogP contribution in [0.5, 0.6) is 0 Å². The van der Waals surface area contributed by atoms with Crippen LogP contribution in [0.3, 0.4) is 0 Å². The summed E-state index contributed by atoms with van der Waals surface area (Å²) in [6.45, 7) is 1.78. The fourth-order valence-electron chi connectivity index (χ4n) is 2.13. The van der Waals surface area contributed by atoms with Gasteiger partial charge in [0.2, 0.25) is 0 Å². The molecular weight excluding hydrogens is 265 g/mol. The molecular formula is C12H14ClF3N2. The maximum Gasteiger partial charge on any atom is 0.416 e. The van der Waals surface area contributed by atoms with E-state index < -0.39 is 11.7 Å². The molecule has 0 spiro atoms. The second-order valence-corrected chi connectivity index (χ2v) is 5.05. The van der Waals surface area contributed by atoms with E-state index in [-0.39, 0.29) is 11.1 Å². The number of halogens is 4. The number of nitrogens with zero attached hydrogens (tertiary/aromatic N) is 1. The first kappa shape index (κ1) is 13.5. The maximum absolute atomic E-state index is 12.6. The van der Waals surface area contributed by atoms with Gasteiger partial charge in [0.25, 0.3) is 0 Å². The average Bonchev–Trinajstić information content (AvgIpc) is 2.61. The van der Waals surface area contributed by atoms with Crippen LogP contribution in [0.4, 0.5) is 18.9 Å². The van der Waals surface area contributed by atoms with Gasteiger partial charge in [-0.15, -0.1) is 0 Å². The second-order valence-electron chi connectivity index (χ2n) is 4.62. The summed E-state index contributed by atoms with van der Waals surface area (Å²) in [5, 5.41) is 3.19. The molecule has 2 rings (SSSR count). The zero-order valence-electron chi connectivity index (χ0n) is 9.89. The molecule has 0 aromatic heterocycles. The molecule has 1 N–H and O–H groups in total. The highest BCUT2D eigenvalue weighted by Gasteiger charge is 2.31. The van der Waals surface area contributed by atoms with E-state index in [1.807, 2.05) is 7.05 Å². The fraction of sp³-hybridized carbons (Fsp3) is 0.500. The van der Waals surface area contributed by atoms with Crippen molar-refractivity contribution in [1.82, 2.24) is 4.90 Å². The first-order chi connectivity index (χ1) is 8.34. The third-order valence-electron chi connectivity index (χ3n) is 2.99. The van der Waals surface area contributed by atoms with Gasteiger partial charge in [0, 0.05) is 23.3 Å². The van der Waals surface area contributed by atoms with Gasteiger partial charge in [-0.05, 0) is 38.2 Å². The molecule has 6 heteroatoms. The Morgan fingerprint density at radius 1 is 1.33 bits per heavy atom. The van der Waals surface area contributed by atoms with E-state index in [2.05, 4.69) is 10.2 Å². The monoisotopic (exact) mass is 278 g/mol. The van der Waals surface area contributed by atoms with Crippen LogP contribution in [0.1, 0.15) is 12.0 Å². The average molecular weight is 279 g/mol. The van der Waals surface area contributed by atoms with Crippen LogP contribution in [0.2, 0.25) is 5.02 Å². The molecule has 1 fully saturated rings. The van der Waals surface area contributed by atoms with Crippen LogP contribution in [-0.2, 0) is 6.18 Å². The van der Waals surface area contributed by atoms with Gasteiger partial charge < -0.3 is 10.2 Å². The Labute approximate surface area is 109 Å². The minimum Gasteiger partial charge on any atom is -0.381 e. The number of hydrogen-bond acceptors (Lipinski definition) is 2. The van der Waals surface area contributed by atoms with Crippen LogP contribution in [-0.4, -0.2) is 31.1 Å². The van der Waals surface area contributed by atoms with Gasteiger partial charge in [-0.25, -0.2) is 0 Å². The zero-order chi connectivity index (χ0) is 13.3. The number of rotatable bonds is 2. The third kappa shape index (κ3) is 3.29. The normalized spacial score (nSPS) is 21.3. The summed E-state index contributed by atoms with van der Waals surface area (Å²) in [6, 6.07) is 3.74. The molecule has 0 saturated carbocycles. The highest BCUT2D eigenvalue weighted by molar-refractivity contribution is 6.30. The van der Waals surface area contributed by atoms with Crippen LogP contribution < -0.4 is 5.32 Å². The van der Waals surface area contributed by atoms with Gasteiger partial charge >= 0.3 is 6.18 Å². The standard InChI is InChI=1S/C12H14ClF3N2/c1-18-3-2-10(7-18)17-11-5-8(12(14,15)16)4-9(13)6-11/h4-6,10,17H,2-3,7H2,1H3. The lowest BCUT2D eigenvalue weighted by Gasteiger charge is -2.16. The highest BCUT2D eigenvalue weighted by Crippen LogP contribution is 2.33. The second kappa shape index (κ2) is 4.97. The SMILES string of the molecule is CN1CCC(Nc2cc(Cl)cc(C(F)(F)F)c2)C1. The molecule has 1 heterocycles. The number of likely N-dealkylation sites (N-methyl/N-ethyl adjacent to an activating group) is 1. The Balaban J connectivity index is 2.15. The van der Waals surface area contributed by atoms with Gasteiger partial charge in [0.1, 0.15) is 0 Å². The lowest BCUT2D eigenvalue weighted by molar-refractivity contribution is -0.137. The molecule has 0 aliphatic carbocycles. The van der Waals surface area contributed by atoms with Crippen molar-refractivity contribution < 1.29 is 13.2 Å². The fourth-order valence-corrected chi connectivity index (χ4v) is 2.36. The van der Waals surface area contributed by atoms with E-state index in [4.69, 9.17) is 11.6 Å². The van der Waals surface area contributed by atoms with E-state index >= 15 is 0 Å². The summed E-state index contributed by atoms with van der Waals surface area (Å²) < 4.78 is 37.9. The minimum absolute atomic E-state index is 0.0960. The summed E-state index contributed by atoms with van der Waals surface area (Å²) in [5.74, 6) is 0. The predicted octanol–water partition coefficient (Wildman–Crippen LogP) is 3.47. The van der Waals surface area contributed by atoms with Gasteiger partial charge in [0.05, 0.1) is 5.56 Å². The molecule has 1 saturated heterocycles. The molecule has 1 aliphatic heterocycles. The Morgan fingerprint density at radius 3 is 2.61 bits per heavy atom. The first-order valence-corrected chi connectivity index (χ1v) is 6.05. The topological polar surface area (TPSA) is 15.3 Å². The maximum atomic E-state index is 12.6. The van der Waals surface area contributed by atoms with Crippen molar-refractivity contribution in [3.8, 4) is 0 Å². The van der Waals surface area contributed by atoms with E-state index in [0.717, 1.165) is 31.6 Å². The Bertz CT molecular complexity index is 434. The van der Waals surface area contributed by atoms with Gasteiger partial charge in [0.15, 0.2) is 0 Å². The van der Waals surface area contributed by atoms with Crippen LogP contribution in [0, 0.1) is 0 Å². The van der Waals surface area contributed by atoms with Crippen molar-refractivity contribution >= 4 is 17.3 Å². The van der Waals surface area contributed by atoms with E-state index in [1.54, 1.807) is 0 Å². The predicted molar refractivity (Wildman–Crippen MR) is 66.0 cm³/mol. The van der Waals surface area contributed by atoms with E-state index in [9.17, 15) is 13.2 Å². The Morgan fingerprint density at radius 2 is 2.06 bits per heavy atom. The van der Waals surface area contributed by atoms with Crippen LogP contribution in [0.25, 0.3) is 0 Å². The molecule has 1 unspecified atom stereocenters. The molecule has 100 valence electrons. The first-order valence-electron chi connectivity index (χ1n) is 5.67. The van der Waals surface area contributed by atoms with Crippen molar-refractivity contribution in [3.63, 3.8) is 0 Å². The Kier molecular flexibility index (Phi) is 3.73. The minimum atomic E-state index is -4.37. The molecule has 1 atom stereocenters. The van der Waals surface area contributed by atoms with Crippen LogP contribution in [0.15, 0.2) is 18.2 Å². The largest absolute Gasteiger partial charge is 0.416 e. The van der Waals surface area contributed by atoms with Gasteiger partial charge in [-0.1, -0.05) is 11.6 Å². The summed E-state index contributed by atoms with van der Waals surface area (Å²) in [7, 11) is 1.99. The smallest absolute Gasteiger partial charge is 0.381 e. The number of benzene rings is 1. The summed E-state index contributed by atoms with van der Waals surface area (Å²) in [5.41, 5.74) is -0.293.